The zero-order valence-electron chi connectivity index (χ0n) is 6.71. The molecule has 1 heterocycles. The summed E-state index contributed by atoms with van der Waals surface area (Å²) in [6, 6.07) is 0. The van der Waals surface area contributed by atoms with Crippen LogP contribution < -0.4 is 4.74 Å². The van der Waals surface area contributed by atoms with E-state index in [2.05, 4.69) is 30.6 Å². The van der Waals surface area contributed by atoms with Gasteiger partial charge in [0.1, 0.15) is 6.33 Å². The summed E-state index contributed by atoms with van der Waals surface area (Å²) in [4.78, 5) is 7.24. The van der Waals surface area contributed by atoms with Crippen LogP contribution in [0, 0.1) is 5.82 Å². The van der Waals surface area contributed by atoms with Gasteiger partial charge in [-0.05, 0) is 6.92 Å². The fourth-order valence-corrected chi connectivity index (χ4v) is 1.11. The van der Waals surface area contributed by atoms with Crippen LogP contribution in [-0.2, 0) is 0 Å². The first-order chi connectivity index (χ1) is 5.66. The molecule has 3 nitrogen and oxygen atoms in total. The van der Waals surface area contributed by atoms with Crippen molar-refractivity contribution in [3.8, 4) is 5.88 Å². The lowest BCUT2D eigenvalue weighted by Gasteiger charge is -2.05. The molecule has 0 aromatic carbocycles. The molecular weight excluding hydrogens is 227 g/mol. The second-order valence-electron chi connectivity index (χ2n) is 2.20. The van der Waals surface area contributed by atoms with Crippen LogP contribution in [0.3, 0.4) is 0 Å². The van der Waals surface area contributed by atoms with E-state index in [9.17, 15) is 4.39 Å². The van der Waals surface area contributed by atoms with Crippen LogP contribution >= 0.6 is 15.9 Å². The van der Waals surface area contributed by atoms with Crippen LogP contribution in [0.15, 0.2) is 6.33 Å². The first-order valence-electron chi connectivity index (χ1n) is 3.35. The van der Waals surface area contributed by atoms with Crippen molar-refractivity contribution in [2.45, 2.75) is 11.8 Å². The fourth-order valence-electron chi connectivity index (χ4n) is 0.786. The van der Waals surface area contributed by atoms with Gasteiger partial charge in [0.05, 0.1) is 17.6 Å². The van der Waals surface area contributed by atoms with E-state index in [1.54, 1.807) is 6.92 Å². The molecule has 0 aliphatic rings. The highest BCUT2D eigenvalue weighted by molar-refractivity contribution is 9.09. The lowest BCUT2D eigenvalue weighted by atomic mass is 10.3. The molecule has 0 saturated heterocycles. The molecular formula is C7H8BrFN2O. The van der Waals surface area contributed by atoms with Gasteiger partial charge in [0, 0.05) is 0 Å². The van der Waals surface area contributed by atoms with E-state index in [0.29, 0.717) is 5.69 Å². The minimum atomic E-state index is -0.510. The molecule has 1 aromatic rings. The quantitative estimate of drug-likeness (QED) is 0.736. The summed E-state index contributed by atoms with van der Waals surface area (Å²) in [5.41, 5.74) is 0.307. The molecule has 0 aliphatic carbocycles. The van der Waals surface area contributed by atoms with Crippen molar-refractivity contribution >= 4 is 15.9 Å². The second kappa shape index (κ2) is 3.80. The number of hydrogen-bond acceptors (Lipinski definition) is 3. The molecule has 5 heteroatoms. The fraction of sp³-hybridized carbons (Fsp3) is 0.429. The molecule has 1 rings (SSSR count). The highest BCUT2D eigenvalue weighted by atomic mass is 79.9. The molecule has 0 spiro atoms. The van der Waals surface area contributed by atoms with Crippen LogP contribution in [0.25, 0.3) is 0 Å². The maximum absolute atomic E-state index is 13.2. The summed E-state index contributed by atoms with van der Waals surface area (Å²) in [7, 11) is 1.37. The van der Waals surface area contributed by atoms with Gasteiger partial charge < -0.3 is 4.74 Å². The van der Waals surface area contributed by atoms with Crippen molar-refractivity contribution in [3.05, 3.63) is 17.8 Å². The molecule has 1 atom stereocenters. The first kappa shape index (κ1) is 9.38. The summed E-state index contributed by atoms with van der Waals surface area (Å²) in [5, 5.41) is 0. The van der Waals surface area contributed by atoms with Crippen molar-refractivity contribution in [2.75, 3.05) is 7.11 Å². The summed E-state index contributed by atoms with van der Waals surface area (Å²) in [6.07, 6.45) is 1.27. The van der Waals surface area contributed by atoms with Gasteiger partial charge in [-0.3, -0.25) is 0 Å². The molecule has 0 radical (unpaired) electrons. The molecule has 0 aliphatic heterocycles. The Morgan fingerprint density at radius 1 is 1.58 bits per heavy atom. The van der Waals surface area contributed by atoms with Crippen LogP contribution in [0.5, 0.6) is 5.88 Å². The van der Waals surface area contributed by atoms with E-state index in [0.717, 1.165) is 0 Å². The summed E-state index contributed by atoms with van der Waals surface area (Å²) in [6.45, 7) is 1.78. The van der Waals surface area contributed by atoms with Gasteiger partial charge in [-0.25, -0.2) is 4.98 Å². The Balaban J connectivity index is 3.14. The minimum absolute atomic E-state index is 0.0219. The third-order valence-corrected chi connectivity index (χ3v) is 1.79. The third-order valence-electron chi connectivity index (χ3n) is 1.35. The van der Waals surface area contributed by atoms with Crippen LogP contribution in [0.4, 0.5) is 4.39 Å². The Labute approximate surface area is 78.1 Å². The minimum Gasteiger partial charge on any atom is -0.479 e. The number of hydrogen-bond donors (Lipinski definition) is 0. The molecule has 0 bridgehead atoms. The molecule has 1 aromatic heterocycles. The lowest BCUT2D eigenvalue weighted by molar-refractivity contribution is 0.364. The maximum atomic E-state index is 13.2. The maximum Gasteiger partial charge on any atom is 0.253 e. The highest BCUT2D eigenvalue weighted by Gasteiger charge is 2.14. The Hall–Kier alpha value is -0.710. The lowest BCUT2D eigenvalue weighted by Crippen LogP contribution is -2.00. The topological polar surface area (TPSA) is 35.0 Å². The Morgan fingerprint density at radius 2 is 2.25 bits per heavy atom. The Bertz CT molecular complexity index is 280. The predicted octanol–water partition coefficient (Wildman–Crippen LogP) is 2.08. The smallest absolute Gasteiger partial charge is 0.253 e. The third kappa shape index (κ3) is 1.72. The van der Waals surface area contributed by atoms with E-state index in [4.69, 9.17) is 0 Å². The largest absolute Gasteiger partial charge is 0.479 e. The van der Waals surface area contributed by atoms with E-state index in [1.807, 2.05) is 0 Å². The van der Waals surface area contributed by atoms with Crippen LogP contribution in [0.2, 0.25) is 0 Å². The van der Waals surface area contributed by atoms with Gasteiger partial charge in [0.25, 0.3) is 5.88 Å². The summed E-state index contributed by atoms with van der Waals surface area (Å²) in [5.74, 6) is -0.532. The molecule has 0 saturated carbocycles. The molecule has 12 heavy (non-hydrogen) atoms. The van der Waals surface area contributed by atoms with E-state index < -0.39 is 5.82 Å². The number of aromatic nitrogens is 2. The number of methoxy groups -OCH3 is 1. The van der Waals surface area contributed by atoms with Gasteiger partial charge in [0.2, 0.25) is 5.82 Å². The van der Waals surface area contributed by atoms with Crippen molar-refractivity contribution in [3.63, 3.8) is 0 Å². The van der Waals surface area contributed by atoms with Crippen LogP contribution in [-0.4, -0.2) is 17.1 Å². The van der Waals surface area contributed by atoms with E-state index in [-0.39, 0.29) is 10.7 Å². The number of halogens is 2. The zero-order valence-corrected chi connectivity index (χ0v) is 8.30. The van der Waals surface area contributed by atoms with Crippen molar-refractivity contribution in [2.24, 2.45) is 0 Å². The van der Waals surface area contributed by atoms with Gasteiger partial charge in [-0.1, -0.05) is 15.9 Å². The van der Waals surface area contributed by atoms with Gasteiger partial charge in [-0.2, -0.15) is 9.37 Å². The Kier molecular flexibility index (Phi) is 2.97. The SMILES string of the molecule is COc1ncnc(C(C)Br)c1F. The standard InChI is InChI=1S/C7H8BrFN2O/c1-4(8)6-5(9)7(12-2)11-3-10-6/h3-4H,1-2H3. The van der Waals surface area contributed by atoms with Crippen molar-refractivity contribution in [1.82, 2.24) is 9.97 Å². The number of nitrogens with zero attached hydrogens (tertiary/aromatic N) is 2. The normalized spacial score (nSPS) is 12.7. The van der Waals surface area contributed by atoms with Crippen molar-refractivity contribution in [1.29, 1.82) is 0 Å². The van der Waals surface area contributed by atoms with Gasteiger partial charge in [0.15, 0.2) is 0 Å². The molecule has 66 valence electrons. The van der Waals surface area contributed by atoms with Crippen LogP contribution in [0.1, 0.15) is 17.4 Å². The second-order valence-corrected chi connectivity index (χ2v) is 3.57. The molecule has 0 amide bonds. The number of rotatable bonds is 2. The van der Waals surface area contributed by atoms with Crippen molar-refractivity contribution < 1.29 is 9.13 Å². The highest BCUT2D eigenvalue weighted by Crippen LogP contribution is 2.25. The van der Waals surface area contributed by atoms with Gasteiger partial charge in [-0.15, -0.1) is 0 Å². The summed E-state index contributed by atoms with van der Waals surface area (Å²) >= 11 is 3.21. The van der Waals surface area contributed by atoms with E-state index >= 15 is 0 Å². The first-order valence-corrected chi connectivity index (χ1v) is 4.26. The molecule has 0 N–H and O–H groups in total. The molecule has 1 unspecified atom stereocenters. The number of ether oxygens (including phenoxy) is 1. The average Bonchev–Trinajstić information content (AvgIpc) is 2.04. The monoisotopic (exact) mass is 234 g/mol. The average molecular weight is 235 g/mol. The molecule has 0 fully saturated rings. The zero-order chi connectivity index (χ0) is 9.14. The number of alkyl halides is 1. The van der Waals surface area contributed by atoms with E-state index in [1.165, 1.54) is 13.4 Å². The summed E-state index contributed by atoms with van der Waals surface area (Å²) < 4.78 is 17.9. The predicted molar refractivity (Wildman–Crippen MR) is 45.9 cm³/mol. The van der Waals surface area contributed by atoms with Gasteiger partial charge >= 0.3 is 0 Å². The Morgan fingerprint density at radius 3 is 2.75 bits per heavy atom.